The number of guanidine groups is 1. The number of rotatable bonds is 8. The summed E-state index contributed by atoms with van der Waals surface area (Å²) in [6.07, 6.45) is 7.37. The number of hydrogen-bond donors (Lipinski definition) is 2. The van der Waals surface area contributed by atoms with E-state index in [1.165, 1.54) is 0 Å². The van der Waals surface area contributed by atoms with Crippen LogP contribution >= 0.6 is 24.0 Å². The molecule has 1 saturated heterocycles. The molecule has 132 valence electrons. The van der Waals surface area contributed by atoms with Crippen LogP contribution in [-0.4, -0.2) is 55.3 Å². The SMILES string of the molecule is CN=C(NCCCOCC1CCCO1)NCc1cnn(C)c1.I. The number of aromatic nitrogens is 2. The first-order valence-electron chi connectivity index (χ1n) is 7.89. The Balaban J connectivity index is 0.00000264. The monoisotopic (exact) mass is 437 g/mol. The zero-order valence-electron chi connectivity index (χ0n) is 14.0. The van der Waals surface area contributed by atoms with Gasteiger partial charge >= 0.3 is 0 Å². The van der Waals surface area contributed by atoms with Gasteiger partial charge in [-0.05, 0) is 19.3 Å². The number of ether oxygens (including phenoxy) is 2. The topological polar surface area (TPSA) is 72.7 Å². The molecule has 1 aliphatic rings. The molecule has 1 unspecified atom stereocenters. The molecule has 1 aliphatic heterocycles. The molecule has 0 aromatic carbocycles. The summed E-state index contributed by atoms with van der Waals surface area (Å²) < 4.78 is 12.9. The Morgan fingerprint density at radius 3 is 3.04 bits per heavy atom. The number of hydrogen-bond acceptors (Lipinski definition) is 4. The predicted molar refractivity (Wildman–Crippen MR) is 101 cm³/mol. The van der Waals surface area contributed by atoms with Gasteiger partial charge in [0.1, 0.15) is 0 Å². The highest BCUT2D eigenvalue weighted by molar-refractivity contribution is 14.0. The molecule has 0 aliphatic carbocycles. The first kappa shape index (κ1) is 20.2. The summed E-state index contributed by atoms with van der Waals surface area (Å²) in [7, 11) is 3.68. The van der Waals surface area contributed by atoms with Gasteiger partial charge in [-0.25, -0.2) is 0 Å². The van der Waals surface area contributed by atoms with Crippen LogP contribution in [0.3, 0.4) is 0 Å². The summed E-state index contributed by atoms with van der Waals surface area (Å²) in [5.41, 5.74) is 1.13. The largest absolute Gasteiger partial charge is 0.379 e. The highest BCUT2D eigenvalue weighted by atomic mass is 127. The van der Waals surface area contributed by atoms with E-state index >= 15 is 0 Å². The number of halogens is 1. The molecule has 0 radical (unpaired) electrons. The molecular formula is C15H28IN5O2. The van der Waals surface area contributed by atoms with E-state index in [1.54, 1.807) is 11.7 Å². The average molecular weight is 437 g/mol. The standard InChI is InChI=1S/C15H27N5O2.HI/c1-16-15(18-9-13-10-19-20(2)11-13)17-6-4-7-21-12-14-5-3-8-22-14;/h10-11,14H,3-9,12H2,1-2H3,(H2,16,17,18);1H. The summed E-state index contributed by atoms with van der Waals surface area (Å²) in [6.45, 7) is 3.89. The number of nitrogens with zero attached hydrogens (tertiary/aromatic N) is 3. The van der Waals surface area contributed by atoms with Gasteiger partial charge in [-0.3, -0.25) is 9.67 Å². The number of nitrogens with one attached hydrogen (secondary N) is 2. The Kier molecular flexibility index (Phi) is 10.2. The van der Waals surface area contributed by atoms with E-state index in [-0.39, 0.29) is 24.0 Å². The van der Waals surface area contributed by atoms with E-state index in [0.717, 1.165) is 50.5 Å². The van der Waals surface area contributed by atoms with Crippen LogP contribution < -0.4 is 10.6 Å². The van der Waals surface area contributed by atoms with Gasteiger partial charge in [0, 0.05) is 52.2 Å². The maximum absolute atomic E-state index is 5.63. The fourth-order valence-electron chi connectivity index (χ4n) is 2.34. The lowest BCUT2D eigenvalue weighted by Gasteiger charge is -2.12. The maximum Gasteiger partial charge on any atom is 0.191 e. The van der Waals surface area contributed by atoms with Gasteiger partial charge in [-0.1, -0.05) is 0 Å². The summed E-state index contributed by atoms with van der Waals surface area (Å²) >= 11 is 0. The molecular weight excluding hydrogens is 409 g/mol. The van der Waals surface area contributed by atoms with E-state index < -0.39 is 0 Å². The molecule has 7 nitrogen and oxygen atoms in total. The molecule has 8 heteroatoms. The highest BCUT2D eigenvalue weighted by Gasteiger charge is 2.14. The van der Waals surface area contributed by atoms with Crippen LogP contribution in [0.2, 0.25) is 0 Å². The lowest BCUT2D eigenvalue weighted by atomic mass is 10.2. The van der Waals surface area contributed by atoms with Crippen molar-refractivity contribution in [2.24, 2.45) is 12.0 Å². The minimum absolute atomic E-state index is 0. The molecule has 23 heavy (non-hydrogen) atoms. The van der Waals surface area contributed by atoms with Gasteiger partial charge in [-0.15, -0.1) is 24.0 Å². The van der Waals surface area contributed by atoms with Gasteiger partial charge < -0.3 is 20.1 Å². The van der Waals surface area contributed by atoms with Crippen LogP contribution in [0.5, 0.6) is 0 Å². The van der Waals surface area contributed by atoms with Crippen LogP contribution in [0.1, 0.15) is 24.8 Å². The van der Waals surface area contributed by atoms with Crippen LogP contribution in [0, 0.1) is 0 Å². The van der Waals surface area contributed by atoms with Crippen molar-refractivity contribution in [3.05, 3.63) is 18.0 Å². The second kappa shape index (κ2) is 11.6. The first-order chi connectivity index (χ1) is 10.8. The molecule has 0 saturated carbocycles. The smallest absolute Gasteiger partial charge is 0.191 e. The molecule has 1 aromatic heterocycles. The third-order valence-electron chi connectivity index (χ3n) is 3.53. The Morgan fingerprint density at radius 2 is 2.39 bits per heavy atom. The lowest BCUT2D eigenvalue weighted by Crippen LogP contribution is -2.37. The van der Waals surface area contributed by atoms with Gasteiger partial charge in [0.05, 0.1) is 18.9 Å². The zero-order chi connectivity index (χ0) is 15.6. The third-order valence-corrected chi connectivity index (χ3v) is 3.53. The van der Waals surface area contributed by atoms with Gasteiger partial charge in [-0.2, -0.15) is 5.10 Å². The van der Waals surface area contributed by atoms with Crippen molar-refractivity contribution in [2.45, 2.75) is 31.9 Å². The molecule has 2 N–H and O–H groups in total. The zero-order valence-corrected chi connectivity index (χ0v) is 16.3. The summed E-state index contributed by atoms with van der Waals surface area (Å²) in [5.74, 6) is 0.794. The first-order valence-corrected chi connectivity index (χ1v) is 7.89. The van der Waals surface area contributed by atoms with Crippen LogP contribution in [-0.2, 0) is 23.1 Å². The van der Waals surface area contributed by atoms with E-state index in [4.69, 9.17) is 9.47 Å². The number of aliphatic imine (C=N–C) groups is 1. The second-order valence-corrected chi connectivity index (χ2v) is 5.44. The van der Waals surface area contributed by atoms with Crippen molar-refractivity contribution >= 4 is 29.9 Å². The van der Waals surface area contributed by atoms with Gasteiger partial charge in [0.15, 0.2) is 5.96 Å². The Labute approximate surface area is 155 Å². The molecule has 2 rings (SSSR count). The third kappa shape index (κ3) is 7.98. The lowest BCUT2D eigenvalue weighted by molar-refractivity contribution is 0.0168. The van der Waals surface area contributed by atoms with E-state index in [2.05, 4.69) is 20.7 Å². The van der Waals surface area contributed by atoms with E-state index in [9.17, 15) is 0 Å². The molecule has 0 bridgehead atoms. The van der Waals surface area contributed by atoms with Crippen molar-refractivity contribution in [2.75, 3.05) is 33.4 Å². The van der Waals surface area contributed by atoms with E-state index in [0.29, 0.717) is 19.3 Å². The average Bonchev–Trinajstić information content (AvgIpc) is 3.17. The van der Waals surface area contributed by atoms with Gasteiger partial charge in [0.25, 0.3) is 0 Å². The second-order valence-electron chi connectivity index (χ2n) is 5.44. The van der Waals surface area contributed by atoms with Crippen LogP contribution in [0.4, 0.5) is 0 Å². The number of aryl methyl sites for hydroxylation is 1. The normalized spacial score (nSPS) is 17.8. The molecule has 1 fully saturated rings. The quantitative estimate of drug-likeness (QED) is 0.278. The van der Waals surface area contributed by atoms with Crippen LogP contribution in [0.25, 0.3) is 0 Å². The van der Waals surface area contributed by atoms with Crippen molar-refractivity contribution in [1.82, 2.24) is 20.4 Å². The minimum Gasteiger partial charge on any atom is -0.379 e. The summed E-state index contributed by atoms with van der Waals surface area (Å²) in [6, 6.07) is 0. The molecule has 0 spiro atoms. The van der Waals surface area contributed by atoms with E-state index in [1.807, 2.05) is 19.4 Å². The predicted octanol–water partition coefficient (Wildman–Crippen LogP) is 1.29. The Hall–Kier alpha value is -0.870. The molecule has 1 atom stereocenters. The van der Waals surface area contributed by atoms with Crippen molar-refractivity contribution in [1.29, 1.82) is 0 Å². The van der Waals surface area contributed by atoms with Crippen molar-refractivity contribution in [3.63, 3.8) is 0 Å². The molecule has 2 heterocycles. The summed E-state index contributed by atoms with van der Waals surface area (Å²) in [4.78, 5) is 4.20. The summed E-state index contributed by atoms with van der Waals surface area (Å²) in [5, 5.41) is 10.7. The minimum atomic E-state index is 0. The van der Waals surface area contributed by atoms with Crippen molar-refractivity contribution < 1.29 is 9.47 Å². The van der Waals surface area contributed by atoms with Gasteiger partial charge in [0.2, 0.25) is 0 Å². The highest BCUT2D eigenvalue weighted by Crippen LogP contribution is 2.11. The maximum atomic E-state index is 5.63. The molecule has 0 amide bonds. The Morgan fingerprint density at radius 1 is 1.52 bits per heavy atom. The molecule has 1 aromatic rings. The fraction of sp³-hybridized carbons (Fsp3) is 0.733. The van der Waals surface area contributed by atoms with Crippen LogP contribution in [0.15, 0.2) is 17.4 Å². The Bertz CT molecular complexity index is 460. The fourth-order valence-corrected chi connectivity index (χ4v) is 2.34. The van der Waals surface area contributed by atoms with Crippen molar-refractivity contribution in [3.8, 4) is 0 Å².